The number of nitrogens with zero attached hydrogens (tertiary/aromatic N) is 3. The summed E-state index contributed by atoms with van der Waals surface area (Å²) < 4.78 is 8.32. The lowest BCUT2D eigenvalue weighted by Crippen LogP contribution is -1.96. The van der Waals surface area contributed by atoms with Crippen molar-refractivity contribution >= 4 is 38.6 Å². The Kier molecular flexibility index (Phi) is 4.68. The Morgan fingerprint density at radius 1 is 1.33 bits per heavy atom. The number of nitriles is 1. The first-order chi connectivity index (χ1) is 11.6. The highest BCUT2D eigenvalue weighted by Gasteiger charge is 2.12. The second kappa shape index (κ2) is 6.90. The first-order valence-electron chi connectivity index (χ1n) is 7.60. The third-order valence-electron chi connectivity index (χ3n) is 3.72. The zero-order valence-electron chi connectivity index (χ0n) is 13.5. The van der Waals surface area contributed by atoms with E-state index >= 15 is 0 Å². The molecular formula is C19H16BrN3O. The summed E-state index contributed by atoms with van der Waals surface area (Å²) in [7, 11) is 1.92. The lowest BCUT2D eigenvalue weighted by molar-refractivity contribution is 0.338. The summed E-state index contributed by atoms with van der Waals surface area (Å²) in [6.45, 7) is 2.55. The number of fused-ring (bicyclic) bond motifs is 1. The molecule has 0 radical (unpaired) electrons. The molecule has 3 aromatic rings. The van der Waals surface area contributed by atoms with E-state index in [0.717, 1.165) is 26.8 Å². The van der Waals surface area contributed by atoms with Gasteiger partial charge in [-0.05, 0) is 58.8 Å². The molecule has 0 N–H and O–H groups in total. The van der Waals surface area contributed by atoms with Crippen molar-refractivity contribution < 1.29 is 4.74 Å². The van der Waals surface area contributed by atoms with Crippen LogP contribution in [0.1, 0.15) is 18.3 Å². The minimum atomic E-state index is 0.518. The number of hydrogen-bond donors (Lipinski definition) is 0. The maximum atomic E-state index is 9.59. The first-order valence-corrected chi connectivity index (χ1v) is 8.39. The van der Waals surface area contributed by atoms with Crippen molar-refractivity contribution in [2.24, 2.45) is 7.05 Å². The SMILES string of the molecule is CCOc1ccc(/C=C(/C#N)c2nc3ccccc3n2C)cc1Br. The van der Waals surface area contributed by atoms with Crippen LogP contribution in [0.3, 0.4) is 0 Å². The minimum absolute atomic E-state index is 0.518. The smallest absolute Gasteiger partial charge is 0.151 e. The normalized spacial score (nSPS) is 11.5. The molecule has 0 unspecified atom stereocenters. The molecule has 0 aliphatic carbocycles. The summed E-state index contributed by atoms with van der Waals surface area (Å²) in [4.78, 5) is 4.58. The standard InChI is InChI=1S/C19H16BrN3O/c1-3-24-18-9-8-13(11-15(18)20)10-14(12-21)19-22-16-6-4-5-7-17(16)23(19)2/h4-11H,3H2,1-2H3/b14-10-. The fourth-order valence-electron chi connectivity index (χ4n) is 2.58. The van der Waals surface area contributed by atoms with E-state index in [1.54, 1.807) is 0 Å². The van der Waals surface area contributed by atoms with Gasteiger partial charge in [-0.15, -0.1) is 0 Å². The number of imidazole rings is 1. The molecule has 0 aliphatic heterocycles. The predicted octanol–water partition coefficient (Wildman–Crippen LogP) is 4.80. The van der Waals surface area contributed by atoms with Gasteiger partial charge in [0.2, 0.25) is 0 Å². The molecule has 0 bridgehead atoms. The molecule has 24 heavy (non-hydrogen) atoms. The van der Waals surface area contributed by atoms with Gasteiger partial charge in [-0.1, -0.05) is 18.2 Å². The molecule has 3 rings (SSSR count). The van der Waals surface area contributed by atoms with Crippen LogP contribution in [0.15, 0.2) is 46.9 Å². The third-order valence-corrected chi connectivity index (χ3v) is 4.33. The van der Waals surface area contributed by atoms with Gasteiger partial charge in [0.15, 0.2) is 5.82 Å². The van der Waals surface area contributed by atoms with Gasteiger partial charge in [0.1, 0.15) is 11.8 Å². The van der Waals surface area contributed by atoms with Crippen molar-refractivity contribution in [2.45, 2.75) is 6.92 Å². The summed E-state index contributed by atoms with van der Waals surface area (Å²) >= 11 is 3.50. The first kappa shape index (κ1) is 16.3. The maximum absolute atomic E-state index is 9.59. The topological polar surface area (TPSA) is 50.8 Å². The van der Waals surface area contributed by atoms with Crippen LogP contribution in [0.2, 0.25) is 0 Å². The second-order valence-corrected chi connectivity index (χ2v) is 6.13. The molecule has 1 heterocycles. The van der Waals surface area contributed by atoms with Crippen LogP contribution in [0.4, 0.5) is 0 Å². The van der Waals surface area contributed by atoms with Gasteiger partial charge < -0.3 is 9.30 Å². The van der Waals surface area contributed by atoms with E-state index in [0.29, 0.717) is 18.0 Å². The molecule has 0 spiro atoms. The van der Waals surface area contributed by atoms with Crippen molar-refractivity contribution in [3.63, 3.8) is 0 Å². The lowest BCUT2D eigenvalue weighted by atomic mass is 10.1. The van der Waals surface area contributed by atoms with Gasteiger partial charge >= 0.3 is 0 Å². The summed E-state index contributed by atoms with van der Waals surface area (Å²) in [5, 5.41) is 9.59. The molecule has 0 saturated carbocycles. The average Bonchev–Trinajstić information content (AvgIpc) is 2.92. The summed E-state index contributed by atoms with van der Waals surface area (Å²) in [6, 6.07) is 15.9. The largest absolute Gasteiger partial charge is 0.493 e. The van der Waals surface area contributed by atoms with Crippen LogP contribution in [0.25, 0.3) is 22.7 Å². The molecule has 2 aromatic carbocycles. The number of halogens is 1. The molecule has 0 amide bonds. The zero-order valence-corrected chi connectivity index (χ0v) is 15.0. The van der Waals surface area contributed by atoms with Gasteiger partial charge in [0, 0.05) is 7.05 Å². The monoisotopic (exact) mass is 381 g/mol. The summed E-state index contributed by atoms with van der Waals surface area (Å²) in [5.41, 5.74) is 3.31. The Hall–Kier alpha value is -2.58. The van der Waals surface area contributed by atoms with E-state index in [1.807, 2.05) is 67.1 Å². The number of allylic oxidation sites excluding steroid dienone is 1. The minimum Gasteiger partial charge on any atom is -0.493 e. The van der Waals surface area contributed by atoms with Crippen LogP contribution in [0.5, 0.6) is 5.75 Å². The molecule has 0 saturated heterocycles. The van der Waals surface area contributed by atoms with Gasteiger partial charge in [-0.25, -0.2) is 4.98 Å². The average molecular weight is 382 g/mol. The molecule has 0 aliphatic rings. The van der Waals surface area contributed by atoms with E-state index < -0.39 is 0 Å². The maximum Gasteiger partial charge on any atom is 0.151 e. The quantitative estimate of drug-likeness (QED) is 0.609. The van der Waals surface area contributed by atoms with E-state index in [2.05, 4.69) is 27.0 Å². The van der Waals surface area contributed by atoms with Gasteiger partial charge in [-0.3, -0.25) is 0 Å². The Balaban J connectivity index is 2.05. The lowest BCUT2D eigenvalue weighted by Gasteiger charge is -2.06. The van der Waals surface area contributed by atoms with E-state index in [4.69, 9.17) is 4.74 Å². The molecule has 120 valence electrons. The van der Waals surface area contributed by atoms with Crippen LogP contribution in [-0.2, 0) is 7.05 Å². The van der Waals surface area contributed by atoms with Gasteiger partial charge in [0.25, 0.3) is 0 Å². The number of rotatable bonds is 4. The second-order valence-electron chi connectivity index (χ2n) is 5.28. The predicted molar refractivity (Wildman–Crippen MR) is 99.5 cm³/mol. The van der Waals surface area contributed by atoms with Crippen molar-refractivity contribution in [3.8, 4) is 11.8 Å². The van der Waals surface area contributed by atoms with Crippen LogP contribution < -0.4 is 4.74 Å². The highest BCUT2D eigenvalue weighted by molar-refractivity contribution is 9.10. The fraction of sp³-hybridized carbons (Fsp3) is 0.158. The van der Waals surface area contributed by atoms with Crippen LogP contribution in [-0.4, -0.2) is 16.2 Å². The number of aromatic nitrogens is 2. The molecule has 0 atom stereocenters. The number of para-hydroxylation sites is 2. The number of aryl methyl sites for hydroxylation is 1. The van der Waals surface area contributed by atoms with Crippen LogP contribution >= 0.6 is 15.9 Å². The Morgan fingerprint density at radius 3 is 2.79 bits per heavy atom. The number of benzene rings is 2. The van der Waals surface area contributed by atoms with Crippen molar-refractivity contribution in [1.29, 1.82) is 5.26 Å². The van der Waals surface area contributed by atoms with E-state index in [1.165, 1.54) is 0 Å². The molecule has 5 heteroatoms. The molecule has 1 aromatic heterocycles. The Bertz CT molecular complexity index is 966. The van der Waals surface area contributed by atoms with Crippen molar-refractivity contribution in [1.82, 2.24) is 9.55 Å². The van der Waals surface area contributed by atoms with Crippen molar-refractivity contribution in [3.05, 3.63) is 58.3 Å². The number of ether oxygens (including phenoxy) is 1. The molecular weight excluding hydrogens is 366 g/mol. The van der Waals surface area contributed by atoms with Crippen molar-refractivity contribution in [2.75, 3.05) is 6.61 Å². The highest BCUT2D eigenvalue weighted by Crippen LogP contribution is 2.28. The van der Waals surface area contributed by atoms with Gasteiger partial charge in [-0.2, -0.15) is 5.26 Å². The van der Waals surface area contributed by atoms with Crippen LogP contribution in [0, 0.1) is 11.3 Å². The van der Waals surface area contributed by atoms with Gasteiger partial charge in [0.05, 0.1) is 27.7 Å². The third kappa shape index (κ3) is 3.06. The number of hydrogen-bond acceptors (Lipinski definition) is 3. The molecule has 4 nitrogen and oxygen atoms in total. The summed E-state index contributed by atoms with van der Waals surface area (Å²) in [5.74, 6) is 1.44. The zero-order chi connectivity index (χ0) is 17.1. The Labute approximate surface area is 149 Å². The van der Waals surface area contributed by atoms with E-state index in [-0.39, 0.29) is 0 Å². The summed E-state index contributed by atoms with van der Waals surface area (Å²) in [6.07, 6.45) is 1.84. The van der Waals surface area contributed by atoms with E-state index in [9.17, 15) is 5.26 Å². The Morgan fingerprint density at radius 2 is 2.12 bits per heavy atom. The molecule has 0 fully saturated rings. The fourth-order valence-corrected chi connectivity index (χ4v) is 3.09. The highest BCUT2D eigenvalue weighted by atomic mass is 79.9.